The zero-order valence-electron chi connectivity index (χ0n) is 11.3. The summed E-state index contributed by atoms with van der Waals surface area (Å²) in [5, 5.41) is 5.02. The molecule has 0 spiro atoms. The zero-order valence-corrected chi connectivity index (χ0v) is 13.7. The maximum Gasteiger partial charge on any atom is 0.203 e. The summed E-state index contributed by atoms with van der Waals surface area (Å²) in [6, 6.07) is 10.0. The summed E-state index contributed by atoms with van der Waals surface area (Å²) in [5.74, 6) is 0.623. The predicted octanol–water partition coefficient (Wildman–Crippen LogP) is 3.57. The summed E-state index contributed by atoms with van der Waals surface area (Å²) in [4.78, 5) is 9.11. The highest BCUT2D eigenvalue weighted by Gasteiger charge is 2.12. The Morgan fingerprint density at radius 1 is 1.29 bits per heavy atom. The fraction of sp³-hybridized carbons (Fsp3) is 0.214. The largest absolute Gasteiger partial charge is 0.383 e. The molecule has 0 saturated carbocycles. The van der Waals surface area contributed by atoms with E-state index in [-0.39, 0.29) is 0 Å². The Morgan fingerprint density at radius 2 is 2.14 bits per heavy atom. The molecule has 2 aromatic heterocycles. The molecule has 0 aliphatic rings. The van der Waals surface area contributed by atoms with E-state index in [0.29, 0.717) is 19.0 Å². The van der Waals surface area contributed by atoms with Crippen LogP contribution in [0.5, 0.6) is 0 Å². The number of methoxy groups -OCH3 is 1. The molecule has 7 heteroatoms. The van der Waals surface area contributed by atoms with Gasteiger partial charge in [0.15, 0.2) is 5.82 Å². The minimum atomic E-state index is 0.623. The second-order valence-corrected chi connectivity index (χ2v) is 5.96. The molecule has 3 aromatic rings. The van der Waals surface area contributed by atoms with Gasteiger partial charge < -0.3 is 10.1 Å². The maximum absolute atomic E-state index is 5.00. The molecule has 0 fully saturated rings. The Morgan fingerprint density at radius 3 is 3.00 bits per heavy atom. The van der Waals surface area contributed by atoms with Crippen molar-refractivity contribution in [3.8, 4) is 11.5 Å². The zero-order chi connectivity index (χ0) is 14.7. The number of halogens is 1. The molecular weight excluding hydrogens is 352 g/mol. The molecule has 21 heavy (non-hydrogen) atoms. The van der Waals surface area contributed by atoms with Crippen LogP contribution < -0.4 is 5.32 Å². The lowest BCUT2D eigenvalue weighted by Gasteiger charge is -2.03. The van der Waals surface area contributed by atoms with Gasteiger partial charge in [0, 0.05) is 35.0 Å². The van der Waals surface area contributed by atoms with E-state index >= 15 is 0 Å². The molecule has 2 heterocycles. The van der Waals surface area contributed by atoms with E-state index in [0.717, 1.165) is 26.2 Å². The monoisotopic (exact) mass is 364 g/mol. The molecule has 0 aliphatic carbocycles. The van der Waals surface area contributed by atoms with Crippen LogP contribution in [0.25, 0.3) is 22.4 Å². The van der Waals surface area contributed by atoms with Gasteiger partial charge in [0.2, 0.25) is 5.13 Å². The topological polar surface area (TPSA) is 59.9 Å². The van der Waals surface area contributed by atoms with E-state index in [9.17, 15) is 0 Å². The molecule has 1 N–H and O–H groups in total. The summed E-state index contributed by atoms with van der Waals surface area (Å²) < 4.78 is 10.3. The number of para-hydroxylation sites is 1. The van der Waals surface area contributed by atoms with Crippen LogP contribution in [0.4, 0.5) is 5.13 Å². The Hall–Kier alpha value is -1.57. The molecule has 5 nitrogen and oxygen atoms in total. The Kier molecular flexibility index (Phi) is 4.42. The van der Waals surface area contributed by atoms with E-state index in [4.69, 9.17) is 4.74 Å². The second-order valence-electron chi connectivity index (χ2n) is 4.35. The number of hydrogen-bond acceptors (Lipinski definition) is 6. The average Bonchev–Trinajstić information content (AvgIpc) is 2.95. The van der Waals surface area contributed by atoms with Crippen LogP contribution in [-0.2, 0) is 4.74 Å². The minimum Gasteiger partial charge on any atom is -0.383 e. The van der Waals surface area contributed by atoms with Crippen molar-refractivity contribution in [3.05, 3.63) is 34.8 Å². The second kappa shape index (κ2) is 6.46. The number of ether oxygens (including phenoxy) is 1. The molecule has 3 rings (SSSR count). The molecular formula is C14H13BrN4OS. The first-order chi connectivity index (χ1) is 10.3. The van der Waals surface area contributed by atoms with Crippen LogP contribution in [0, 0.1) is 0 Å². The number of anilines is 1. The molecule has 0 aliphatic heterocycles. The lowest BCUT2D eigenvalue weighted by atomic mass is 10.2. The van der Waals surface area contributed by atoms with E-state index in [1.165, 1.54) is 11.5 Å². The fourth-order valence-electron chi connectivity index (χ4n) is 1.90. The van der Waals surface area contributed by atoms with Crippen molar-refractivity contribution in [3.63, 3.8) is 0 Å². The number of nitrogens with one attached hydrogen (secondary N) is 1. The summed E-state index contributed by atoms with van der Waals surface area (Å²) in [7, 11) is 1.67. The number of rotatable bonds is 5. The third-order valence-electron chi connectivity index (χ3n) is 2.90. The van der Waals surface area contributed by atoms with Gasteiger partial charge in [-0.1, -0.05) is 18.2 Å². The molecule has 0 radical (unpaired) electrons. The SMILES string of the molecule is COCCNc1nc(-c2nc3ccccc3cc2Br)ns1. The van der Waals surface area contributed by atoms with Crippen LogP contribution >= 0.6 is 27.5 Å². The average molecular weight is 365 g/mol. The molecule has 0 unspecified atom stereocenters. The lowest BCUT2D eigenvalue weighted by molar-refractivity contribution is 0.211. The first-order valence-electron chi connectivity index (χ1n) is 6.40. The van der Waals surface area contributed by atoms with Crippen molar-refractivity contribution in [1.82, 2.24) is 14.3 Å². The quantitative estimate of drug-likeness (QED) is 0.701. The molecule has 1 aromatic carbocycles. The standard InChI is InChI=1S/C14H13BrN4OS/c1-20-7-6-16-14-18-13(19-21-14)12-10(15)8-9-4-2-3-5-11(9)17-12/h2-5,8H,6-7H2,1H3,(H,16,18,19). The number of nitrogens with zero attached hydrogens (tertiary/aromatic N) is 3. The van der Waals surface area contributed by atoms with Gasteiger partial charge in [0.25, 0.3) is 0 Å². The Balaban J connectivity index is 1.91. The minimum absolute atomic E-state index is 0.623. The van der Waals surface area contributed by atoms with Gasteiger partial charge in [-0.15, -0.1) is 0 Å². The normalized spacial score (nSPS) is 11.0. The highest BCUT2D eigenvalue weighted by Crippen LogP contribution is 2.29. The van der Waals surface area contributed by atoms with Gasteiger partial charge in [-0.05, 0) is 28.1 Å². The van der Waals surface area contributed by atoms with Gasteiger partial charge in [0.1, 0.15) is 5.69 Å². The van der Waals surface area contributed by atoms with Crippen molar-refractivity contribution in [1.29, 1.82) is 0 Å². The van der Waals surface area contributed by atoms with Gasteiger partial charge in [-0.25, -0.2) is 4.98 Å². The first kappa shape index (κ1) is 14.4. The van der Waals surface area contributed by atoms with Crippen molar-refractivity contribution in [2.75, 3.05) is 25.6 Å². The van der Waals surface area contributed by atoms with Crippen LogP contribution in [0.2, 0.25) is 0 Å². The van der Waals surface area contributed by atoms with Crippen LogP contribution in [0.1, 0.15) is 0 Å². The smallest absolute Gasteiger partial charge is 0.203 e. The van der Waals surface area contributed by atoms with Crippen molar-refractivity contribution < 1.29 is 4.74 Å². The molecule has 0 amide bonds. The number of hydrogen-bond donors (Lipinski definition) is 1. The number of pyridine rings is 1. The number of benzene rings is 1. The summed E-state index contributed by atoms with van der Waals surface area (Å²) in [6.07, 6.45) is 0. The third kappa shape index (κ3) is 3.20. The highest BCUT2D eigenvalue weighted by atomic mass is 79.9. The van der Waals surface area contributed by atoms with Crippen molar-refractivity contribution >= 4 is 43.5 Å². The van der Waals surface area contributed by atoms with Crippen LogP contribution in [-0.4, -0.2) is 34.6 Å². The summed E-state index contributed by atoms with van der Waals surface area (Å²) in [5.41, 5.74) is 1.68. The first-order valence-corrected chi connectivity index (χ1v) is 7.97. The molecule has 0 saturated heterocycles. The Labute approximate surface area is 134 Å². The van der Waals surface area contributed by atoms with Gasteiger partial charge in [0.05, 0.1) is 12.1 Å². The Bertz CT molecular complexity index is 762. The molecule has 108 valence electrons. The van der Waals surface area contributed by atoms with E-state index < -0.39 is 0 Å². The maximum atomic E-state index is 5.00. The highest BCUT2D eigenvalue weighted by molar-refractivity contribution is 9.10. The van der Waals surface area contributed by atoms with Gasteiger partial charge in [-0.3, -0.25) is 0 Å². The van der Waals surface area contributed by atoms with Gasteiger partial charge in [-0.2, -0.15) is 9.36 Å². The predicted molar refractivity (Wildman–Crippen MR) is 88.7 cm³/mol. The van der Waals surface area contributed by atoms with E-state index in [2.05, 4.69) is 35.6 Å². The molecule has 0 atom stereocenters. The third-order valence-corrected chi connectivity index (χ3v) is 4.17. The summed E-state index contributed by atoms with van der Waals surface area (Å²) in [6.45, 7) is 1.34. The van der Waals surface area contributed by atoms with Crippen LogP contribution in [0.15, 0.2) is 34.8 Å². The van der Waals surface area contributed by atoms with Gasteiger partial charge >= 0.3 is 0 Å². The van der Waals surface area contributed by atoms with Crippen LogP contribution in [0.3, 0.4) is 0 Å². The van der Waals surface area contributed by atoms with E-state index in [1.54, 1.807) is 7.11 Å². The van der Waals surface area contributed by atoms with E-state index in [1.807, 2.05) is 30.3 Å². The number of aromatic nitrogens is 3. The fourth-order valence-corrected chi connectivity index (χ4v) is 3.01. The van der Waals surface area contributed by atoms with Crippen molar-refractivity contribution in [2.24, 2.45) is 0 Å². The number of fused-ring (bicyclic) bond motifs is 1. The van der Waals surface area contributed by atoms with Crippen molar-refractivity contribution in [2.45, 2.75) is 0 Å². The molecule has 0 bridgehead atoms. The lowest BCUT2D eigenvalue weighted by Crippen LogP contribution is -2.07. The summed E-state index contributed by atoms with van der Waals surface area (Å²) >= 11 is 4.87.